The average Bonchev–Trinajstić information content (AvgIpc) is 3.52. The van der Waals surface area contributed by atoms with Crippen LogP contribution < -0.4 is 4.74 Å². The Hall–Kier alpha value is -3.69. The number of hydrogen-bond donors (Lipinski definition) is 0. The molecule has 10 heteroatoms. The van der Waals surface area contributed by atoms with Gasteiger partial charge < -0.3 is 9.30 Å². The Bertz CT molecular complexity index is 1400. The highest BCUT2D eigenvalue weighted by Crippen LogP contribution is 2.52. The van der Waals surface area contributed by atoms with Gasteiger partial charge in [0.15, 0.2) is 5.82 Å². The maximum absolute atomic E-state index is 13.1. The molecule has 3 aromatic heterocycles. The summed E-state index contributed by atoms with van der Waals surface area (Å²) < 4.78 is 48.7. The van der Waals surface area contributed by atoms with E-state index in [2.05, 4.69) is 9.97 Å². The van der Waals surface area contributed by atoms with Crippen LogP contribution in [0.2, 0.25) is 0 Å². The van der Waals surface area contributed by atoms with Crippen LogP contribution in [0.25, 0.3) is 17.2 Å². The zero-order valence-corrected chi connectivity index (χ0v) is 19.3. The van der Waals surface area contributed by atoms with Gasteiger partial charge in [-0.05, 0) is 62.4 Å². The van der Waals surface area contributed by atoms with Gasteiger partial charge in [-0.1, -0.05) is 12.1 Å². The molecule has 180 valence electrons. The minimum atomic E-state index is -4.36. The number of aryl methyl sites for hydroxylation is 1. The number of methoxy groups -OCH3 is 1. The fourth-order valence-corrected chi connectivity index (χ4v) is 5.43. The van der Waals surface area contributed by atoms with Gasteiger partial charge in [0, 0.05) is 6.20 Å². The summed E-state index contributed by atoms with van der Waals surface area (Å²) in [4.78, 5) is 13.8. The SMILES string of the molecule is COc1nc(-c2nc3n(n2)C2CCC3(c3ccc(C(F)(F)F)cc3)CC2)ccc1-n1cnc(C)c1. The molecule has 1 aliphatic carbocycles. The van der Waals surface area contributed by atoms with E-state index < -0.39 is 17.2 Å². The lowest BCUT2D eigenvalue weighted by atomic mass is 9.65. The monoisotopic (exact) mass is 480 g/mol. The van der Waals surface area contributed by atoms with Gasteiger partial charge in [0.25, 0.3) is 0 Å². The molecule has 0 radical (unpaired) electrons. The number of fused-ring (bicyclic) bond motifs is 2. The van der Waals surface area contributed by atoms with Gasteiger partial charge in [-0.15, -0.1) is 5.10 Å². The minimum absolute atomic E-state index is 0.234. The van der Waals surface area contributed by atoms with Crippen molar-refractivity contribution in [3.8, 4) is 23.1 Å². The van der Waals surface area contributed by atoms with Crippen molar-refractivity contribution in [3.63, 3.8) is 0 Å². The summed E-state index contributed by atoms with van der Waals surface area (Å²) in [6, 6.07) is 9.49. The van der Waals surface area contributed by atoms with Crippen LogP contribution >= 0.6 is 0 Å². The molecule has 1 fully saturated rings. The van der Waals surface area contributed by atoms with E-state index >= 15 is 0 Å². The second kappa shape index (κ2) is 7.66. The molecular formula is C25H23F3N6O. The molecule has 7 rings (SSSR count). The third-order valence-corrected chi connectivity index (χ3v) is 7.23. The number of hydrogen-bond acceptors (Lipinski definition) is 5. The number of aromatic nitrogens is 6. The summed E-state index contributed by atoms with van der Waals surface area (Å²) >= 11 is 0. The average molecular weight is 480 g/mol. The molecule has 0 N–H and O–H groups in total. The van der Waals surface area contributed by atoms with Crippen molar-refractivity contribution in [3.05, 3.63) is 71.6 Å². The van der Waals surface area contributed by atoms with E-state index in [-0.39, 0.29) is 6.04 Å². The number of nitrogens with zero attached hydrogens (tertiary/aromatic N) is 6. The summed E-state index contributed by atoms with van der Waals surface area (Å²) in [7, 11) is 1.56. The van der Waals surface area contributed by atoms with Crippen LogP contribution in [-0.2, 0) is 11.6 Å². The van der Waals surface area contributed by atoms with Gasteiger partial charge in [-0.25, -0.2) is 19.6 Å². The lowest BCUT2D eigenvalue weighted by molar-refractivity contribution is -0.137. The molecule has 0 spiro atoms. The maximum Gasteiger partial charge on any atom is 0.416 e. The highest BCUT2D eigenvalue weighted by molar-refractivity contribution is 5.56. The van der Waals surface area contributed by atoms with Gasteiger partial charge in [0.05, 0.1) is 36.2 Å². The van der Waals surface area contributed by atoms with E-state index in [9.17, 15) is 13.2 Å². The van der Waals surface area contributed by atoms with E-state index in [1.54, 1.807) is 25.6 Å². The molecule has 2 aliphatic heterocycles. The van der Waals surface area contributed by atoms with Crippen LogP contribution in [0.5, 0.6) is 5.88 Å². The molecule has 4 aromatic rings. The van der Waals surface area contributed by atoms with E-state index in [0.29, 0.717) is 17.4 Å². The quantitative estimate of drug-likeness (QED) is 0.398. The lowest BCUT2D eigenvalue weighted by Gasteiger charge is -2.45. The molecule has 2 bridgehead atoms. The number of alkyl halides is 3. The van der Waals surface area contributed by atoms with E-state index in [1.165, 1.54) is 0 Å². The summed E-state index contributed by atoms with van der Waals surface area (Å²) in [6.07, 6.45) is 2.71. The summed E-state index contributed by atoms with van der Waals surface area (Å²) in [5, 5.41) is 4.80. The lowest BCUT2D eigenvalue weighted by Crippen LogP contribution is -2.43. The fourth-order valence-electron chi connectivity index (χ4n) is 5.43. The molecule has 5 heterocycles. The largest absolute Gasteiger partial charge is 0.479 e. The first kappa shape index (κ1) is 21.8. The molecule has 7 nitrogen and oxygen atoms in total. The van der Waals surface area contributed by atoms with Gasteiger partial charge in [-0.3, -0.25) is 0 Å². The number of pyridine rings is 1. The first-order valence-corrected chi connectivity index (χ1v) is 11.5. The standard InChI is InChI=1S/C25H23F3N6O/c1-15-13-33(14-29-15)20-8-7-19(30-22(20)35-2)21-31-23-24(11-9-18(10-12-24)34(23)32-21)16-3-5-17(6-4-16)25(26,27)28/h3-8,13-14,18H,9-12H2,1-2H3. The van der Waals surface area contributed by atoms with Crippen molar-refractivity contribution in [2.24, 2.45) is 0 Å². The van der Waals surface area contributed by atoms with E-state index in [1.807, 2.05) is 34.5 Å². The van der Waals surface area contributed by atoms with Gasteiger partial charge >= 0.3 is 6.18 Å². The van der Waals surface area contributed by atoms with Crippen LogP contribution in [0.1, 0.15) is 54.4 Å². The Morgan fingerprint density at radius 1 is 1.03 bits per heavy atom. The zero-order chi connectivity index (χ0) is 24.4. The molecule has 0 amide bonds. The van der Waals surface area contributed by atoms with Crippen LogP contribution in [0.3, 0.4) is 0 Å². The predicted octanol–water partition coefficient (Wildman–Crippen LogP) is 5.28. The highest BCUT2D eigenvalue weighted by atomic mass is 19.4. The molecule has 0 saturated heterocycles. The molecule has 0 unspecified atom stereocenters. The number of ether oxygens (including phenoxy) is 1. The van der Waals surface area contributed by atoms with Gasteiger partial charge in [0.2, 0.25) is 5.88 Å². The van der Waals surface area contributed by atoms with Crippen LogP contribution in [-0.4, -0.2) is 36.4 Å². The maximum atomic E-state index is 13.1. The summed E-state index contributed by atoms with van der Waals surface area (Å²) in [5.41, 5.74) is 1.95. The molecule has 0 atom stereocenters. The normalized spacial score (nSPS) is 21.2. The number of halogens is 3. The third kappa shape index (κ3) is 3.42. The third-order valence-electron chi connectivity index (χ3n) is 7.23. The van der Waals surface area contributed by atoms with Crippen LogP contribution in [0, 0.1) is 6.92 Å². The molecule has 1 saturated carbocycles. The van der Waals surface area contributed by atoms with Crippen molar-refractivity contribution < 1.29 is 17.9 Å². The molecular weight excluding hydrogens is 457 g/mol. The van der Waals surface area contributed by atoms with Crippen LogP contribution in [0.4, 0.5) is 13.2 Å². The zero-order valence-electron chi connectivity index (χ0n) is 19.3. The second-order valence-corrected chi connectivity index (χ2v) is 9.24. The fraction of sp³-hybridized carbons (Fsp3) is 0.360. The number of benzene rings is 1. The minimum Gasteiger partial charge on any atom is -0.479 e. The Labute approximate surface area is 199 Å². The van der Waals surface area contributed by atoms with Crippen molar-refractivity contribution in [2.45, 2.75) is 50.2 Å². The van der Waals surface area contributed by atoms with Crippen LogP contribution in [0.15, 0.2) is 48.9 Å². The summed E-state index contributed by atoms with van der Waals surface area (Å²) in [6.45, 7) is 1.91. The Morgan fingerprint density at radius 3 is 2.40 bits per heavy atom. The Morgan fingerprint density at radius 2 is 1.77 bits per heavy atom. The first-order valence-electron chi connectivity index (χ1n) is 11.5. The van der Waals surface area contributed by atoms with Crippen molar-refractivity contribution >= 4 is 0 Å². The summed E-state index contributed by atoms with van der Waals surface area (Å²) in [5.74, 6) is 1.70. The van der Waals surface area contributed by atoms with E-state index in [4.69, 9.17) is 14.8 Å². The number of imidazole rings is 1. The van der Waals surface area contributed by atoms with E-state index in [0.717, 1.165) is 60.6 Å². The van der Waals surface area contributed by atoms with Gasteiger partial charge in [0.1, 0.15) is 17.2 Å². The topological polar surface area (TPSA) is 70.7 Å². The Kier molecular flexibility index (Phi) is 4.77. The predicted molar refractivity (Wildman–Crippen MR) is 121 cm³/mol. The molecule has 1 aromatic carbocycles. The van der Waals surface area contributed by atoms with Crippen molar-refractivity contribution in [1.29, 1.82) is 0 Å². The smallest absolute Gasteiger partial charge is 0.416 e. The number of rotatable bonds is 4. The Balaban J connectivity index is 1.41. The highest BCUT2D eigenvalue weighted by Gasteiger charge is 2.49. The second-order valence-electron chi connectivity index (χ2n) is 9.24. The molecule has 3 aliphatic rings. The molecule has 35 heavy (non-hydrogen) atoms. The van der Waals surface area contributed by atoms with Crippen molar-refractivity contribution in [2.75, 3.05) is 7.11 Å². The van der Waals surface area contributed by atoms with Gasteiger partial charge in [-0.2, -0.15) is 13.2 Å². The van der Waals surface area contributed by atoms with Crippen molar-refractivity contribution in [1.82, 2.24) is 29.3 Å². The first-order chi connectivity index (χ1) is 16.8.